The number of rotatable bonds is 10. The van der Waals surface area contributed by atoms with E-state index in [9.17, 15) is 9.90 Å². The molecule has 1 aromatic carbocycles. The van der Waals surface area contributed by atoms with Crippen LogP contribution in [0, 0.1) is 6.92 Å². The van der Waals surface area contributed by atoms with Crippen LogP contribution in [0.5, 0.6) is 11.6 Å². The SMILES string of the molecule is C=N/C=C\C=C/CCOc1ccn(-c2ccc(OCC(C)(C)O)c(C)c2)c(=O)n1. The second-order valence-corrected chi connectivity index (χ2v) is 7.06. The van der Waals surface area contributed by atoms with Gasteiger partial charge in [-0.2, -0.15) is 4.98 Å². The molecule has 0 saturated carbocycles. The Labute approximate surface area is 170 Å². The van der Waals surface area contributed by atoms with Gasteiger partial charge in [0.2, 0.25) is 5.88 Å². The van der Waals surface area contributed by atoms with Gasteiger partial charge in [0.05, 0.1) is 17.9 Å². The van der Waals surface area contributed by atoms with Gasteiger partial charge in [-0.15, -0.1) is 0 Å². The summed E-state index contributed by atoms with van der Waals surface area (Å²) in [5.41, 5.74) is 0.179. The van der Waals surface area contributed by atoms with Crippen molar-refractivity contribution >= 4 is 6.72 Å². The van der Waals surface area contributed by atoms with Crippen molar-refractivity contribution in [1.29, 1.82) is 0 Å². The lowest BCUT2D eigenvalue weighted by atomic mass is 10.1. The van der Waals surface area contributed by atoms with Gasteiger partial charge in [-0.25, -0.2) is 4.79 Å². The van der Waals surface area contributed by atoms with Crippen LogP contribution in [-0.4, -0.2) is 40.2 Å². The highest BCUT2D eigenvalue weighted by Gasteiger charge is 2.14. The summed E-state index contributed by atoms with van der Waals surface area (Å²) in [5, 5.41) is 9.79. The van der Waals surface area contributed by atoms with Gasteiger partial charge < -0.3 is 14.6 Å². The molecule has 7 nitrogen and oxygen atoms in total. The van der Waals surface area contributed by atoms with Crippen LogP contribution in [0.25, 0.3) is 5.69 Å². The molecule has 2 aromatic rings. The molecule has 0 aliphatic carbocycles. The fraction of sp³-hybridized carbons (Fsp3) is 0.318. The maximum atomic E-state index is 12.4. The highest BCUT2D eigenvalue weighted by molar-refractivity contribution is 5.43. The highest BCUT2D eigenvalue weighted by Crippen LogP contribution is 2.22. The average molecular weight is 397 g/mol. The van der Waals surface area contributed by atoms with Crippen molar-refractivity contribution in [2.24, 2.45) is 4.99 Å². The molecule has 7 heteroatoms. The number of hydrogen-bond acceptors (Lipinski definition) is 6. The van der Waals surface area contributed by atoms with E-state index in [1.165, 1.54) is 4.57 Å². The van der Waals surface area contributed by atoms with Crippen LogP contribution in [0.4, 0.5) is 0 Å². The lowest BCUT2D eigenvalue weighted by molar-refractivity contribution is 0.0282. The van der Waals surface area contributed by atoms with E-state index >= 15 is 0 Å². The Hall–Kier alpha value is -3.19. The molecule has 0 bridgehead atoms. The van der Waals surface area contributed by atoms with Gasteiger partial charge in [-0.1, -0.05) is 12.2 Å². The molecule has 154 valence electrons. The summed E-state index contributed by atoms with van der Waals surface area (Å²) in [7, 11) is 0. The third-order valence-corrected chi connectivity index (χ3v) is 3.77. The molecule has 0 aliphatic heterocycles. The highest BCUT2D eigenvalue weighted by atomic mass is 16.5. The van der Waals surface area contributed by atoms with Gasteiger partial charge in [0.1, 0.15) is 12.4 Å². The third-order valence-electron chi connectivity index (χ3n) is 3.77. The van der Waals surface area contributed by atoms with Crippen LogP contribution < -0.4 is 15.2 Å². The van der Waals surface area contributed by atoms with E-state index in [4.69, 9.17) is 9.47 Å². The number of aryl methyl sites for hydroxylation is 1. The summed E-state index contributed by atoms with van der Waals surface area (Å²) in [6.07, 6.45) is 9.44. The number of hydrogen-bond donors (Lipinski definition) is 1. The molecular formula is C22H27N3O4. The first-order valence-corrected chi connectivity index (χ1v) is 9.26. The van der Waals surface area contributed by atoms with Crippen LogP contribution >= 0.6 is 0 Å². The quantitative estimate of drug-likeness (QED) is 0.378. The van der Waals surface area contributed by atoms with E-state index in [1.807, 2.05) is 25.1 Å². The van der Waals surface area contributed by atoms with Crippen LogP contribution in [0.15, 0.2) is 64.7 Å². The van der Waals surface area contributed by atoms with Gasteiger partial charge in [0, 0.05) is 18.5 Å². The summed E-state index contributed by atoms with van der Waals surface area (Å²) in [5.74, 6) is 0.938. The maximum absolute atomic E-state index is 12.4. The van der Waals surface area contributed by atoms with Crippen molar-refractivity contribution in [2.75, 3.05) is 13.2 Å². The largest absolute Gasteiger partial charge is 0.490 e. The molecule has 1 N–H and O–H groups in total. The predicted molar refractivity (Wildman–Crippen MR) is 114 cm³/mol. The minimum atomic E-state index is -0.920. The molecule has 0 saturated heterocycles. The van der Waals surface area contributed by atoms with Gasteiger partial charge in [0.25, 0.3) is 0 Å². The van der Waals surface area contributed by atoms with Crippen LogP contribution in [0.2, 0.25) is 0 Å². The summed E-state index contributed by atoms with van der Waals surface area (Å²) in [4.78, 5) is 19.9. The van der Waals surface area contributed by atoms with Crippen molar-refractivity contribution in [3.05, 3.63) is 70.9 Å². The summed E-state index contributed by atoms with van der Waals surface area (Å²) in [6, 6.07) is 7.03. The fourth-order valence-electron chi connectivity index (χ4n) is 2.38. The molecule has 0 fully saturated rings. The van der Waals surface area contributed by atoms with Crippen LogP contribution in [0.3, 0.4) is 0 Å². The van der Waals surface area contributed by atoms with E-state index < -0.39 is 11.3 Å². The smallest absolute Gasteiger partial charge is 0.355 e. The van der Waals surface area contributed by atoms with Crippen LogP contribution in [0.1, 0.15) is 25.8 Å². The zero-order valence-corrected chi connectivity index (χ0v) is 17.0. The Kier molecular flexibility index (Phi) is 7.91. The van der Waals surface area contributed by atoms with E-state index in [1.54, 1.807) is 50.5 Å². The molecule has 2 rings (SSSR count). The predicted octanol–water partition coefficient (Wildman–Crippen LogP) is 3.23. The minimum Gasteiger partial charge on any atom is -0.490 e. The molecule has 0 spiro atoms. The molecule has 0 aliphatic rings. The molecule has 0 amide bonds. The van der Waals surface area contributed by atoms with Crippen LogP contribution in [-0.2, 0) is 0 Å². The first kappa shape index (κ1) is 22.1. The number of allylic oxidation sites excluding steroid dienone is 2. The lowest BCUT2D eigenvalue weighted by Gasteiger charge is -2.19. The monoisotopic (exact) mass is 397 g/mol. The average Bonchev–Trinajstić information content (AvgIpc) is 2.66. The summed E-state index contributed by atoms with van der Waals surface area (Å²) < 4.78 is 12.6. The Balaban J connectivity index is 2.02. The zero-order chi connectivity index (χ0) is 21.3. The number of aliphatic imine (C=N–C) groups is 1. The van der Waals surface area contributed by atoms with Gasteiger partial charge in [-0.05, 0) is 63.7 Å². The van der Waals surface area contributed by atoms with E-state index in [0.717, 1.165) is 5.56 Å². The van der Waals surface area contributed by atoms with Crippen molar-refractivity contribution in [3.8, 4) is 17.3 Å². The normalized spacial score (nSPS) is 11.9. The minimum absolute atomic E-state index is 0.178. The van der Waals surface area contributed by atoms with E-state index in [-0.39, 0.29) is 12.5 Å². The summed E-state index contributed by atoms with van der Waals surface area (Å²) >= 11 is 0. The number of ether oxygens (including phenoxy) is 2. The van der Waals surface area contributed by atoms with Gasteiger partial charge >= 0.3 is 5.69 Å². The molecular weight excluding hydrogens is 370 g/mol. The number of aliphatic hydroxyl groups is 1. The van der Waals surface area contributed by atoms with Gasteiger partial charge in [-0.3, -0.25) is 9.56 Å². The lowest BCUT2D eigenvalue weighted by Crippen LogP contribution is -2.28. The molecule has 1 aromatic heterocycles. The molecule has 0 radical (unpaired) electrons. The number of benzene rings is 1. The van der Waals surface area contributed by atoms with Crippen molar-refractivity contribution in [3.63, 3.8) is 0 Å². The third kappa shape index (κ3) is 7.38. The number of nitrogens with zero attached hydrogens (tertiary/aromatic N) is 3. The first-order chi connectivity index (χ1) is 13.8. The second-order valence-electron chi connectivity index (χ2n) is 7.06. The maximum Gasteiger partial charge on any atom is 0.355 e. The fourth-order valence-corrected chi connectivity index (χ4v) is 2.38. The Bertz CT molecular complexity index is 940. The standard InChI is InChI=1S/C22H27N3O4/c1-17-15-18(9-10-19(17)29-16-22(2,3)27)25-13-11-20(24-21(25)26)28-14-8-6-5-7-12-23-4/h5-7,9-13,15,27H,4,8,14,16H2,1-3H3/b6-5-,12-7-. The zero-order valence-electron chi connectivity index (χ0n) is 17.0. The number of aromatic nitrogens is 2. The van der Waals surface area contributed by atoms with Crippen molar-refractivity contribution < 1.29 is 14.6 Å². The van der Waals surface area contributed by atoms with Gasteiger partial charge in [0.15, 0.2) is 0 Å². The Morgan fingerprint density at radius 1 is 1.28 bits per heavy atom. The Morgan fingerprint density at radius 2 is 2.07 bits per heavy atom. The van der Waals surface area contributed by atoms with Crippen molar-refractivity contribution in [1.82, 2.24) is 9.55 Å². The summed E-state index contributed by atoms with van der Waals surface area (Å²) in [6.45, 7) is 9.18. The first-order valence-electron chi connectivity index (χ1n) is 9.26. The Morgan fingerprint density at radius 3 is 2.72 bits per heavy atom. The molecule has 0 unspecified atom stereocenters. The second kappa shape index (κ2) is 10.4. The molecule has 0 atom stereocenters. The van der Waals surface area contributed by atoms with E-state index in [2.05, 4.69) is 16.7 Å². The van der Waals surface area contributed by atoms with Crippen molar-refractivity contribution in [2.45, 2.75) is 32.8 Å². The molecule has 29 heavy (non-hydrogen) atoms. The molecule has 1 heterocycles. The topological polar surface area (TPSA) is 85.9 Å². The van der Waals surface area contributed by atoms with E-state index in [0.29, 0.717) is 24.5 Å².